The SMILES string of the molecule is CCCCN(CCCC)C(=O)/C(C)=C/c1ccc(OC)c(OC)c1. The molecule has 0 fully saturated rings. The van der Waals surface area contributed by atoms with Crippen molar-refractivity contribution in [1.82, 2.24) is 4.90 Å². The molecule has 0 N–H and O–H groups in total. The molecular weight excluding hydrogens is 302 g/mol. The van der Waals surface area contributed by atoms with Crippen LogP contribution < -0.4 is 9.47 Å². The second-order valence-corrected chi connectivity index (χ2v) is 5.94. The lowest BCUT2D eigenvalue weighted by molar-refractivity contribution is -0.127. The molecule has 24 heavy (non-hydrogen) atoms. The number of amides is 1. The molecule has 0 radical (unpaired) electrons. The molecule has 134 valence electrons. The highest BCUT2D eigenvalue weighted by Gasteiger charge is 2.14. The van der Waals surface area contributed by atoms with Crippen molar-refractivity contribution in [2.75, 3.05) is 27.3 Å². The van der Waals surface area contributed by atoms with Crippen molar-refractivity contribution in [1.29, 1.82) is 0 Å². The van der Waals surface area contributed by atoms with E-state index < -0.39 is 0 Å². The van der Waals surface area contributed by atoms with Crippen LogP contribution in [0.3, 0.4) is 0 Å². The van der Waals surface area contributed by atoms with Gasteiger partial charge in [-0.05, 0) is 43.5 Å². The van der Waals surface area contributed by atoms with Crippen LogP contribution in [0.2, 0.25) is 0 Å². The van der Waals surface area contributed by atoms with E-state index in [0.717, 1.165) is 49.9 Å². The third-order valence-electron chi connectivity index (χ3n) is 3.98. The van der Waals surface area contributed by atoms with Crippen molar-refractivity contribution >= 4 is 12.0 Å². The van der Waals surface area contributed by atoms with Crippen molar-refractivity contribution in [3.05, 3.63) is 29.3 Å². The van der Waals surface area contributed by atoms with Gasteiger partial charge in [-0.1, -0.05) is 32.8 Å². The smallest absolute Gasteiger partial charge is 0.249 e. The zero-order valence-electron chi connectivity index (χ0n) is 15.7. The fraction of sp³-hybridized carbons (Fsp3) is 0.550. The summed E-state index contributed by atoms with van der Waals surface area (Å²) in [6.45, 7) is 7.83. The number of methoxy groups -OCH3 is 2. The van der Waals surface area contributed by atoms with Crippen molar-refractivity contribution in [3.8, 4) is 11.5 Å². The predicted molar refractivity (Wildman–Crippen MR) is 99.6 cm³/mol. The van der Waals surface area contributed by atoms with Crippen molar-refractivity contribution in [2.24, 2.45) is 0 Å². The van der Waals surface area contributed by atoms with Crippen LogP contribution >= 0.6 is 0 Å². The maximum atomic E-state index is 12.7. The van der Waals surface area contributed by atoms with Crippen LogP contribution in [0.4, 0.5) is 0 Å². The Kier molecular flexibility index (Phi) is 8.98. The van der Waals surface area contributed by atoms with Gasteiger partial charge in [0.25, 0.3) is 0 Å². The molecule has 0 aliphatic heterocycles. The molecule has 0 saturated heterocycles. The predicted octanol–water partition coefficient (Wildman–Crippen LogP) is 4.54. The summed E-state index contributed by atoms with van der Waals surface area (Å²) in [4.78, 5) is 14.7. The van der Waals surface area contributed by atoms with Gasteiger partial charge in [0, 0.05) is 18.7 Å². The second-order valence-electron chi connectivity index (χ2n) is 5.94. The van der Waals surface area contributed by atoms with Gasteiger partial charge >= 0.3 is 0 Å². The molecule has 4 nitrogen and oxygen atoms in total. The standard InChI is InChI=1S/C20H31NO3/c1-6-8-12-21(13-9-7-2)20(22)16(3)14-17-10-11-18(23-4)19(15-17)24-5/h10-11,14-15H,6-9,12-13H2,1-5H3/b16-14+. The zero-order valence-corrected chi connectivity index (χ0v) is 15.7. The zero-order chi connectivity index (χ0) is 17.9. The van der Waals surface area contributed by atoms with Crippen molar-refractivity contribution < 1.29 is 14.3 Å². The highest BCUT2D eigenvalue weighted by molar-refractivity contribution is 5.97. The Morgan fingerprint density at radius 3 is 2.12 bits per heavy atom. The molecule has 0 saturated carbocycles. The van der Waals surface area contributed by atoms with E-state index in [9.17, 15) is 4.79 Å². The minimum Gasteiger partial charge on any atom is -0.493 e. The summed E-state index contributed by atoms with van der Waals surface area (Å²) in [6.07, 6.45) is 6.18. The first kappa shape index (κ1) is 20.1. The van der Waals surface area contributed by atoms with Crippen molar-refractivity contribution in [2.45, 2.75) is 46.5 Å². The van der Waals surface area contributed by atoms with Gasteiger partial charge in [0.15, 0.2) is 11.5 Å². The largest absolute Gasteiger partial charge is 0.493 e. The Morgan fingerprint density at radius 2 is 1.62 bits per heavy atom. The van der Waals surface area contributed by atoms with E-state index in [-0.39, 0.29) is 5.91 Å². The molecule has 0 spiro atoms. The number of nitrogens with zero attached hydrogens (tertiary/aromatic N) is 1. The average Bonchev–Trinajstić information content (AvgIpc) is 2.61. The first-order valence-electron chi connectivity index (χ1n) is 8.76. The number of benzene rings is 1. The number of unbranched alkanes of at least 4 members (excludes halogenated alkanes) is 2. The topological polar surface area (TPSA) is 38.8 Å². The van der Waals surface area contributed by atoms with E-state index in [1.54, 1.807) is 14.2 Å². The van der Waals surface area contributed by atoms with Crippen LogP contribution in [0.1, 0.15) is 52.0 Å². The molecule has 1 amide bonds. The molecule has 1 rings (SSSR count). The number of rotatable bonds is 10. The Balaban J connectivity index is 2.93. The molecule has 0 aliphatic carbocycles. The van der Waals surface area contributed by atoms with Gasteiger partial charge < -0.3 is 14.4 Å². The van der Waals surface area contributed by atoms with Gasteiger partial charge in [-0.3, -0.25) is 4.79 Å². The van der Waals surface area contributed by atoms with Gasteiger partial charge in [0.05, 0.1) is 14.2 Å². The third kappa shape index (κ3) is 5.91. The first-order chi connectivity index (χ1) is 11.6. The summed E-state index contributed by atoms with van der Waals surface area (Å²) < 4.78 is 10.6. The number of carbonyl (C=O) groups is 1. The van der Waals surface area contributed by atoms with E-state index >= 15 is 0 Å². The summed E-state index contributed by atoms with van der Waals surface area (Å²) >= 11 is 0. The molecule has 0 bridgehead atoms. The van der Waals surface area contributed by atoms with Crippen LogP contribution in [-0.2, 0) is 4.79 Å². The minimum atomic E-state index is 0.117. The molecular formula is C20H31NO3. The molecule has 0 atom stereocenters. The molecule has 4 heteroatoms. The Bertz CT molecular complexity index is 544. The Morgan fingerprint density at radius 1 is 1.04 bits per heavy atom. The average molecular weight is 333 g/mol. The Labute approximate surface area is 146 Å². The molecule has 0 heterocycles. The molecule has 0 unspecified atom stereocenters. The van der Waals surface area contributed by atoms with Gasteiger partial charge in [-0.2, -0.15) is 0 Å². The minimum absolute atomic E-state index is 0.117. The number of hydrogen-bond acceptors (Lipinski definition) is 3. The summed E-state index contributed by atoms with van der Waals surface area (Å²) in [5, 5.41) is 0. The summed E-state index contributed by atoms with van der Waals surface area (Å²) in [6, 6.07) is 5.67. The maximum absolute atomic E-state index is 12.7. The Hall–Kier alpha value is -1.97. The first-order valence-corrected chi connectivity index (χ1v) is 8.76. The molecule has 0 aromatic heterocycles. The maximum Gasteiger partial charge on any atom is 0.249 e. The normalized spacial score (nSPS) is 11.3. The lowest BCUT2D eigenvalue weighted by atomic mass is 10.1. The fourth-order valence-electron chi connectivity index (χ4n) is 2.52. The van der Waals surface area contributed by atoms with E-state index in [2.05, 4.69) is 13.8 Å². The summed E-state index contributed by atoms with van der Waals surface area (Å²) in [7, 11) is 3.22. The van der Waals surface area contributed by atoms with Gasteiger partial charge in [0.1, 0.15) is 0 Å². The van der Waals surface area contributed by atoms with Gasteiger partial charge in [0.2, 0.25) is 5.91 Å². The molecule has 0 aliphatic rings. The van der Waals surface area contributed by atoms with Crippen LogP contribution in [0, 0.1) is 0 Å². The van der Waals surface area contributed by atoms with E-state index in [1.165, 1.54) is 0 Å². The lowest BCUT2D eigenvalue weighted by Gasteiger charge is -2.23. The van der Waals surface area contributed by atoms with Crippen molar-refractivity contribution in [3.63, 3.8) is 0 Å². The lowest BCUT2D eigenvalue weighted by Crippen LogP contribution is -2.33. The highest BCUT2D eigenvalue weighted by Crippen LogP contribution is 2.28. The van der Waals surface area contributed by atoms with Crippen LogP contribution in [0.5, 0.6) is 11.5 Å². The number of carbonyl (C=O) groups excluding carboxylic acids is 1. The second kappa shape index (κ2) is 10.7. The number of ether oxygens (including phenoxy) is 2. The highest BCUT2D eigenvalue weighted by atomic mass is 16.5. The summed E-state index contributed by atoms with van der Waals surface area (Å²) in [5.74, 6) is 1.47. The van der Waals surface area contributed by atoms with Crippen LogP contribution in [0.25, 0.3) is 6.08 Å². The summed E-state index contributed by atoms with van der Waals surface area (Å²) in [5.41, 5.74) is 1.68. The van der Waals surface area contributed by atoms with E-state index in [0.29, 0.717) is 11.5 Å². The van der Waals surface area contributed by atoms with E-state index in [4.69, 9.17) is 9.47 Å². The monoisotopic (exact) mass is 333 g/mol. The number of hydrogen-bond donors (Lipinski definition) is 0. The van der Waals surface area contributed by atoms with Gasteiger partial charge in [-0.25, -0.2) is 0 Å². The third-order valence-corrected chi connectivity index (χ3v) is 3.98. The molecule has 1 aromatic carbocycles. The van der Waals surface area contributed by atoms with E-state index in [1.807, 2.05) is 36.1 Å². The molecule has 1 aromatic rings. The van der Waals surface area contributed by atoms with Crippen LogP contribution in [-0.4, -0.2) is 38.1 Å². The fourth-order valence-corrected chi connectivity index (χ4v) is 2.52. The van der Waals surface area contributed by atoms with Gasteiger partial charge in [-0.15, -0.1) is 0 Å². The quantitative estimate of drug-likeness (QED) is 0.590. The van der Waals surface area contributed by atoms with Crippen LogP contribution in [0.15, 0.2) is 23.8 Å².